The van der Waals surface area contributed by atoms with E-state index in [0.717, 1.165) is 5.56 Å². The molecule has 0 aromatic heterocycles. The lowest BCUT2D eigenvalue weighted by Crippen LogP contribution is -2.23. The fourth-order valence-corrected chi connectivity index (χ4v) is 4.15. The van der Waals surface area contributed by atoms with Gasteiger partial charge in [0.1, 0.15) is 5.25 Å². The van der Waals surface area contributed by atoms with E-state index in [9.17, 15) is 8.42 Å². The number of halogens is 1. The Kier molecular flexibility index (Phi) is 3.46. The highest BCUT2D eigenvalue weighted by atomic mass is 35.7. The second kappa shape index (κ2) is 4.14. The second-order valence-corrected chi connectivity index (χ2v) is 7.35. The number of hydrogen-bond donors (Lipinski definition) is 0. The van der Waals surface area contributed by atoms with Crippen molar-refractivity contribution in [2.45, 2.75) is 26.0 Å². The van der Waals surface area contributed by atoms with Crippen LogP contribution in [0.4, 0.5) is 0 Å². The van der Waals surface area contributed by atoms with Crippen LogP contribution in [0.15, 0.2) is 30.3 Å². The molecule has 1 unspecified atom stereocenters. The van der Waals surface area contributed by atoms with E-state index in [4.69, 9.17) is 10.7 Å². The molecule has 0 aliphatic rings. The predicted octanol–water partition coefficient (Wildman–Crippen LogP) is 3.34. The molecule has 1 rings (SSSR count). The summed E-state index contributed by atoms with van der Waals surface area (Å²) in [5.41, 5.74) is 0.321. The molecular weight excluding hydrogens is 232 g/mol. The Morgan fingerprint density at radius 1 is 1.13 bits per heavy atom. The van der Waals surface area contributed by atoms with E-state index in [-0.39, 0.29) is 0 Å². The van der Waals surface area contributed by atoms with Crippen molar-refractivity contribution in [1.82, 2.24) is 0 Å². The quantitative estimate of drug-likeness (QED) is 0.750. The Labute approximate surface area is 95.7 Å². The van der Waals surface area contributed by atoms with E-state index in [1.807, 2.05) is 39.0 Å². The molecule has 0 radical (unpaired) electrons. The van der Waals surface area contributed by atoms with E-state index >= 15 is 0 Å². The first kappa shape index (κ1) is 12.5. The van der Waals surface area contributed by atoms with Crippen molar-refractivity contribution in [2.24, 2.45) is 5.41 Å². The lowest BCUT2D eigenvalue weighted by atomic mass is 9.87. The van der Waals surface area contributed by atoms with E-state index < -0.39 is 19.7 Å². The van der Waals surface area contributed by atoms with Gasteiger partial charge in [0, 0.05) is 10.7 Å². The molecule has 0 heterocycles. The van der Waals surface area contributed by atoms with Gasteiger partial charge in [-0.15, -0.1) is 0 Å². The normalized spacial score (nSPS) is 14.9. The maximum Gasteiger partial charge on any atom is 0.240 e. The van der Waals surface area contributed by atoms with E-state index in [0.29, 0.717) is 0 Å². The number of rotatable bonds is 2. The van der Waals surface area contributed by atoms with Gasteiger partial charge in [-0.1, -0.05) is 51.1 Å². The molecule has 0 aliphatic carbocycles. The van der Waals surface area contributed by atoms with Crippen LogP contribution in [0.1, 0.15) is 31.6 Å². The topological polar surface area (TPSA) is 34.1 Å². The summed E-state index contributed by atoms with van der Waals surface area (Å²) in [7, 11) is 1.89. The molecule has 0 saturated heterocycles. The maximum atomic E-state index is 11.5. The molecule has 1 atom stereocenters. The molecule has 0 amide bonds. The fourth-order valence-electron chi connectivity index (χ4n) is 1.71. The first-order chi connectivity index (χ1) is 6.73. The summed E-state index contributed by atoms with van der Waals surface area (Å²) in [6.45, 7) is 5.60. The van der Waals surface area contributed by atoms with Gasteiger partial charge in [0.25, 0.3) is 0 Å². The van der Waals surface area contributed by atoms with Crippen LogP contribution in [0.25, 0.3) is 0 Å². The third-order valence-electron chi connectivity index (χ3n) is 2.17. The zero-order chi connectivity index (χ0) is 11.7. The van der Waals surface area contributed by atoms with Gasteiger partial charge in [-0.2, -0.15) is 0 Å². The summed E-state index contributed by atoms with van der Waals surface area (Å²) < 4.78 is 23.1. The molecule has 4 heteroatoms. The monoisotopic (exact) mass is 246 g/mol. The summed E-state index contributed by atoms with van der Waals surface area (Å²) in [5.74, 6) is 0. The lowest BCUT2D eigenvalue weighted by Gasteiger charge is -2.28. The van der Waals surface area contributed by atoms with Crippen molar-refractivity contribution >= 4 is 19.7 Å². The molecule has 2 nitrogen and oxygen atoms in total. The second-order valence-electron chi connectivity index (χ2n) is 4.63. The minimum absolute atomic E-state index is 0.415. The highest BCUT2D eigenvalue weighted by molar-refractivity contribution is 8.13. The molecule has 0 spiro atoms. The van der Waals surface area contributed by atoms with Crippen molar-refractivity contribution in [1.29, 1.82) is 0 Å². The highest BCUT2D eigenvalue weighted by Crippen LogP contribution is 2.41. The zero-order valence-electron chi connectivity index (χ0n) is 9.07. The smallest absolute Gasteiger partial charge is 0.212 e. The Hall–Kier alpha value is -0.540. The van der Waals surface area contributed by atoms with Gasteiger partial charge in [-0.3, -0.25) is 0 Å². The Morgan fingerprint density at radius 2 is 1.60 bits per heavy atom. The lowest BCUT2D eigenvalue weighted by molar-refractivity contribution is 0.387. The van der Waals surface area contributed by atoms with E-state index in [2.05, 4.69) is 0 Å². The predicted molar refractivity (Wildman–Crippen MR) is 63.4 cm³/mol. The summed E-state index contributed by atoms with van der Waals surface area (Å²) in [4.78, 5) is 0. The highest BCUT2D eigenvalue weighted by Gasteiger charge is 2.36. The van der Waals surface area contributed by atoms with Crippen molar-refractivity contribution in [3.8, 4) is 0 Å². The molecule has 0 bridgehead atoms. The van der Waals surface area contributed by atoms with Gasteiger partial charge in [-0.05, 0) is 11.0 Å². The van der Waals surface area contributed by atoms with E-state index in [1.165, 1.54) is 0 Å². The summed E-state index contributed by atoms with van der Waals surface area (Å²) >= 11 is 0. The molecule has 0 aliphatic heterocycles. The van der Waals surface area contributed by atoms with Crippen LogP contribution >= 0.6 is 10.7 Å². The van der Waals surface area contributed by atoms with Gasteiger partial charge in [0.15, 0.2) is 0 Å². The minimum atomic E-state index is -3.60. The van der Waals surface area contributed by atoms with E-state index in [1.54, 1.807) is 12.1 Å². The number of hydrogen-bond acceptors (Lipinski definition) is 2. The Morgan fingerprint density at radius 3 is 1.93 bits per heavy atom. The summed E-state index contributed by atoms with van der Waals surface area (Å²) in [6, 6.07) is 9.06. The van der Waals surface area contributed by atoms with Crippen LogP contribution in [0, 0.1) is 5.41 Å². The third kappa shape index (κ3) is 3.21. The molecule has 1 aromatic rings. The van der Waals surface area contributed by atoms with Crippen LogP contribution in [0.3, 0.4) is 0 Å². The summed E-state index contributed by atoms with van der Waals surface area (Å²) in [5, 5.41) is -0.673. The van der Waals surface area contributed by atoms with Crippen LogP contribution in [-0.2, 0) is 9.05 Å². The molecule has 0 N–H and O–H groups in total. The molecule has 15 heavy (non-hydrogen) atoms. The Bertz CT molecular complexity index is 418. The van der Waals surface area contributed by atoms with Crippen molar-refractivity contribution in [3.05, 3.63) is 35.9 Å². The standard InChI is InChI=1S/C11H15ClO2S/c1-11(2,3)10(15(12,13)14)9-7-5-4-6-8-9/h4-8,10H,1-3H3. The van der Waals surface area contributed by atoms with Crippen molar-refractivity contribution in [3.63, 3.8) is 0 Å². The molecule has 0 fully saturated rings. The van der Waals surface area contributed by atoms with Crippen LogP contribution in [-0.4, -0.2) is 8.42 Å². The molecule has 0 saturated carbocycles. The first-order valence-electron chi connectivity index (χ1n) is 4.71. The maximum absolute atomic E-state index is 11.5. The average molecular weight is 247 g/mol. The van der Waals surface area contributed by atoms with Gasteiger partial charge < -0.3 is 0 Å². The van der Waals surface area contributed by atoms with Gasteiger partial charge >= 0.3 is 0 Å². The average Bonchev–Trinajstić information content (AvgIpc) is 2.00. The van der Waals surface area contributed by atoms with Gasteiger partial charge in [0.2, 0.25) is 9.05 Å². The van der Waals surface area contributed by atoms with Crippen molar-refractivity contribution in [2.75, 3.05) is 0 Å². The fraction of sp³-hybridized carbons (Fsp3) is 0.455. The van der Waals surface area contributed by atoms with Gasteiger partial charge in [0.05, 0.1) is 0 Å². The number of benzene rings is 1. The van der Waals surface area contributed by atoms with Crippen molar-refractivity contribution < 1.29 is 8.42 Å². The molecule has 84 valence electrons. The largest absolute Gasteiger partial charge is 0.240 e. The first-order valence-corrected chi connectivity index (χ1v) is 7.08. The summed E-state index contributed by atoms with van der Waals surface area (Å²) in [6.07, 6.45) is 0. The Balaban J connectivity index is 3.27. The third-order valence-corrected chi connectivity index (χ3v) is 4.25. The van der Waals surface area contributed by atoms with Gasteiger partial charge in [-0.25, -0.2) is 8.42 Å². The zero-order valence-corrected chi connectivity index (χ0v) is 10.6. The molecule has 1 aromatic carbocycles. The van der Waals surface area contributed by atoms with Crippen LogP contribution < -0.4 is 0 Å². The molecular formula is C11H15ClO2S. The SMILES string of the molecule is CC(C)(C)C(c1ccccc1)S(=O)(=O)Cl. The van der Waals surface area contributed by atoms with Crippen LogP contribution in [0.2, 0.25) is 0 Å². The minimum Gasteiger partial charge on any atom is -0.212 e. The van der Waals surface area contributed by atoms with Crippen LogP contribution in [0.5, 0.6) is 0 Å².